The van der Waals surface area contributed by atoms with Gasteiger partial charge in [-0.3, -0.25) is 4.79 Å². The van der Waals surface area contributed by atoms with Crippen LogP contribution in [0.3, 0.4) is 0 Å². The molecule has 0 heterocycles. The van der Waals surface area contributed by atoms with Gasteiger partial charge in [0.25, 0.3) is 0 Å². The Kier molecular flexibility index (Phi) is 5.29. The van der Waals surface area contributed by atoms with Crippen LogP contribution in [-0.4, -0.2) is 23.6 Å². The average molecular weight is 318 g/mol. The summed E-state index contributed by atoms with van der Waals surface area (Å²) in [6.07, 6.45) is 3.80. The second-order valence-corrected chi connectivity index (χ2v) is 7.01. The van der Waals surface area contributed by atoms with Crippen molar-refractivity contribution in [3.8, 4) is 0 Å². The third kappa shape index (κ3) is 4.98. The van der Waals surface area contributed by atoms with E-state index in [2.05, 4.69) is 16.7 Å². The van der Waals surface area contributed by atoms with Crippen LogP contribution in [0.15, 0.2) is 18.2 Å². The van der Waals surface area contributed by atoms with Gasteiger partial charge in [-0.1, -0.05) is 12.1 Å². The van der Waals surface area contributed by atoms with Crippen LogP contribution in [0.1, 0.15) is 51.7 Å². The van der Waals surface area contributed by atoms with E-state index < -0.39 is 17.7 Å². The Morgan fingerprint density at radius 3 is 2.57 bits per heavy atom. The predicted octanol–water partition coefficient (Wildman–Crippen LogP) is 3.42. The molecule has 2 N–H and O–H groups in total. The first-order valence-corrected chi connectivity index (χ1v) is 8.17. The lowest BCUT2D eigenvalue weighted by molar-refractivity contribution is -0.117. The van der Waals surface area contributed by atoms with E-state index in [1.54, 1.807) is 27.7 Å². The smallest absolute Gasteiger partial charge is 0.408 e. The number of fused-ring (bicyclic) bond motifs is 1. The fraction of sp³-hybridized carbons (Fsp3) is 0.556. The van der Waals surface area contributed by atoms with Crippen LogP contribution in [-0.2, 0) is 22.4 Å². The summed E-state index contributed by atoms with van der Waals surface area (Å²) in [6.45, 7) is 7.00. The Morgan fingerprint density at radius 2 is 1.87 bits per heavy atom. The van der Waals surface area contributed by atoms with Gasteiger partial charge in [-0.25, -0.2) is 4.79 Å². The van der Waals surface area contributed by atoms with E-state index in [0.717, 1.165) is 24.9 Å². The Hall–Kier alpha value is -2.04. The number of hydrogen-bond donors (Lipinski definition) is 2. The highest BCUT2D eigenvalue weighted by Gasteiger charge is 2.22. The minimum Gasteiger partial charge on any atom is -0.444 e. The van der Waals surface area contributed by atoms with E-state index in [9.17, 15) is 9.59 Å². The molecule has 126 valence electrons. The molecule has 0 spiro atoms. The van der Waals surface area contributed by atoms with E-state index >= 15 is 0 Å². The number of benzene rings is 1. The summed E-state index contributed by atoms with van der Waals surface area (Å²) in [6, 6.07) is 5.34. The monoisotopic (exact) mass is 318 g/mol. The van der Waals surface area contributed by atoms with Crippen LogP contribution in [0, 0.1) is 0 Å². The average Bonchev–Trinajstić information content (AvgIpc) is 2.45. The standard InChI is InChI=1S/C18H26N2O3/c1-12(19-17(22)23-18(2,3)4)16(21)20-15-11-7-9-13-8-5-6-10-14(13)15/h7,9,11-12H,5-6,8,10H2,1-4H3,(H,19,22)(H,20,21)/t12-/m1/s1. The zero-order chi connectivity index (χ0) is 17.0. The Balaban J connectivity index is 1.98. The summed E-state index contributed by atoms with van der Waals surface area (Å²) in [5.74, 6) is -0.241. The largest absolute Gasteiger partial charge is 0.444 e. The van der Waals surface area contributed by atoms with E-state index in [1.165, 1.54) is 17.5 Å². The van der Waals surface area contributed by atoms with Gasteiger partial charge in [0.2, 0.25) is 5.91 Å². The molecule has 2 rings (SSSR count). The van der Waals surface area contributed by atoms with Crippen LogP contribution in [0.25, 0.3) is 0 Å². The van der Waals surface area contributed by atoms with Gasteiger partial charge < -0.3 is 15.4 Å². The van der Waals surface area contributed by atoms with Crippen LogP contribution in [0.4, 0.5) is 10.5 Å². The first kappa shape index (κ1) is 17.3. The van der Waals surface area contributed by atoms with Crippen molar-refractivity contribution in [1.82, 2.24) is 5.32 Å². The van der Waals surface area contributed by atoms with Crippen LogP contribution >= 0.6 is 0 Å². The van der Waals surface area contributed by atoms with Gasteiger partial charge in [-0.05, 0) is 70.6 Å². The van der Waals surface area contributed by atoms with Crippen molar-refractivity contribution in [2.45, 2.75) is 65.0 Å². The molecular weight excluding hydrogens is 292 g/mol. The van der Waals surface area contributed by atoms with E-state index in [0.29, 0.717) is 0 Å². The molecule has 1 aliphatic carbocycles. The zero-order valence-corrected chi connectivity index (χ0v) is 14.4. The van der Waals surface area contributed by atoms with Crippen molar-refractivity contribution in [2.75, 3.05) is 5.32 Å². The molecule has 0 saturated carbocycles. The van der Waals surface area contributed by atoms with Gasteiger partial charge >= 0.3 is 6.09 Å². The van der Waals surface area contributed by atoms with Crippen molar-refractivity contribution >= 4 is 17.7 Å². The van der Waals surface area contributed by atoms with E-state index in [1.807, 2.05) is 12.1 Å². The highest BCUT2D eigenvalue weighted by molar-refractivity contribution is 5.97. The molecule has 2 amide bonds. The number of amides is 2. The summed E-state index contributed by atoms with van der Waals surface area (Å²) in [4.78, 5) is 24.1. The number of alkyl carbamates (subject to hydrolysis) is 1. The molecule has 1 aliphatic rings. The Morgan fingerprint density at radius 1 is 1.17 bits per heavy atom. The second kappa shape index (κ2) is 7.02. The topological polar surface area (TPSA) is 67.4 Å². The van der Waals surface area contributed by atoms with Crippen molar-refractivity contribution in [3.05, 3.63) is 29.3 Å². The molecule has 1 aromatic rings. The first-order chi connectivity index (χ1) is 10.8. The summed E-state index contributed by atoms with van der Waals surface area (Å²) in [5.41, 5.74) is 2.79. The van der Waals surface area contributed by atoms with Gasteiger partial charge in [-0.15, -0.1) is 0 Å². The molecule has 23 heavy (non-hydrogen) atoms. The zero-order valence-electron chi connectivity index (χ0n) is 14.4. The molecule has 5 heteroatoms. The molecule has 0 aliphatic heterocycles. The third-order valence-corrected chi connectivity index (χ3v) is 3.78. The minimum atomic E-state index is -0.663. The van der Waals surface area contributed by atoms with Crippen molar-refractivity contribution in [3.63, 3.8) is 0 Å². The van der Waals surface area contributed by atoms with Crippen LogP contribution in [0.2, 0.25) is 0 Å². The normalized spacial score (nSPS) is 15.3. The number of aryl methyl sites for hydroxylation is 1. The number of carbonyl (C=O) groups excluding carboxylic acids is 2. The Bertz CT molecular complexity index is 590. The molecule has 0 fully saturated rings. The molecule has 0 bridgehead atoms. The summed E-state index contributed by atoms with van der Waals surface area (Å²) in [5, 5.41) is 5.49. The maximum Gasteiger partial charge on any atom is 0.408 e. The van der Waals surface area contributed by atoms with Crippen LogP contribution < -0.4 is 10.6 Å². The second-order valence-electron chi connectivity index (χ2n) is 7.01. The quantitative estimate of drug-likeness (QED) is 0.897. The van der Waals surface area contributed by atoms with Crippen molar-refractivity contribution in [1.29, 1.82) is 0 Å². The van der Waals surface area contributed by atoms with Gasteiger partial charge in [0.1, 0.15) is 11.6 Å². The van der Waals surface area contributed by atoms with E-state index in [-0.39, 0.29) is 5.91 Å². The number of ether oxygens (including phenoxy) is 1. The molecule has 0 unspecified atom stereocenters. The minimum absolute atomic E-state index is 0.241. The number of anilines is 1. The number of hydrogen-bond acceptors (Lipinski definition) is 3. The van der Waals surface area contributed by atoms with Gasteiger partial charge in [0, 0.05) is 5.69 Å². The number of rotatable bonds is 3. The molecular formula is C18H26N2O3. The van der Waals surface area contributed by atoms with Crippen molar-refractivity contribution < 1.29 is 14.3 Å². The lowest BCUT2D eigenvalue weighted by atomic mass is 9.90. The maximum atomic E-state index is 12.3. The number of carbonyl (C=O) groups is 2. The van der Waals surface area contributed by atoms with Crippen molar-refractivity contribution in [2.24, 2.45) is 0 Å². The van der Waals surface area contributed by atoms with Gasteiger partial charge in [0.05, 0.1) is 0 Å². The predicted molar refractivity (Wildman–Crippen MR) is 90.5 cm³/mol. The molecule has 1 aromatic carbocycles. The highest BCUT2D eigenvalue weighted by Crippen LogP contribution is 2.27. The molecule has 5 nitrogen and oxygen atoms in total. The lowest BCUT2D eigenvalue weighted by Crippen LogP contribution is -2.44. The molecule has 0 aromatic heterocycles. The Labute approximate surface area is 137 Å². The summed E-state index contributed by atoms with van der Waals surface area (Å²) >= 11 is 0. The molecule has 1 atom stereocenters. The first-order valence-electron chi connectivity index (χ1n) is 8.17. The number of nitrogens with one attached hydrogen (secondary N) is 2. The van der Waals surface area contributed by atoms with Gasteiger partial charge in [0.15, 0.2) is 0 Å². The molecule has 0 saturated heterocycles. The fourth-order valence-corrected chi connectivity index (χ4v) is 2.69. The molecule has 0 radical (unpaired) electrons. The SMILES string of the molecule is C[C@@H](NC(=O)OC(C)(C)C)C(=O)Nc1cccc2c1CCCC2. The van der Waals surface area contributed by atoms with Gasteiger partial charge in [-0.2, -0.15) is 0 Å². The van der Waals surface area contributed by atoms with E-state index in [4.69, 9.17) is 4.74 Å². The third-order valence-electron chi connectivity index (χ3n) is 3.78. The maximum absolute atomic E-state index is 12.3. The summed E-state index contributed by atoms with van der Waals surface area (Å²) < 4.78 is 5.17. The van der Waals surface area contributed by atoms with Crippen LogP contribution in [0.5, 0.6) is 0 Å². The fourth-order valence-electron chi connectivity index (χ4n) is 2.69. The highest BCUT2D eigenvalue weighted by atomic mass is 16.6. The lowest BCUT2D eigenvalue weighted by Gasteiger charge is -2.23. The summed E-state index contributed by atoms with van der Waals surface area (Å²) in [7, 11) is 0.